The van der Waals surface area contributed by atoms with Crippen LogP contribution >= 0.6 is 0 Å². The Morgan fingerprint density at radius 3 is 2.34 bits per heavy atom. The van der Waals surface area contributed by atoms with Gasteiger partial charge in [-0.15, -0.1) is 0 Å². The first-order chi connectivity index (χ1) is 14.1. The first kappa shape index (κ1) is 20.3. The fourth-order valence-corrected chi connectivity index (χ4v) is 3.01. The third-order valence-corrected chi connectivity index (χ3v) is 4.55. The Kier molecular flexibility index (Phi) is 6.73. The van der Waals surface area contributed by atoms with Crippen LogP contribution in [0.25, 0.3) is 0 Å². The van der Waals surface area contributed by atoms with Crippen LogP contribution in [0.4, 0.5) is 17.2 Å². The third kappa shape index (κ3) is 5.51. The number of carbonyl (C=O) groups is 1. The number of pyridine rings is 1. The van der Waals surface area contributed by atoms with Crippen LogP contribution in [0.3, 0.4) is 0 Å². The number of aromatic nitrogens is 3. The molecule has 1 aromatic carbocycles. The van der Waals surface area contributed by atoms with Gasteiger partial charge in [0, 0.05) is 49.5 Å². The maximum atomic E-state index is 12.7. The molecule has 0 aliphatic rings. The van der Waals surface area contributed by atoms with Crippen molar-refractivity contribution in [1.82, 2.24) is 15.0 Å². The number of amides is 1. The molecular weight excluding hydrogens is 364 g/mol. The normalized spacial score (nSPS) is 10.4. The Labute approximate surface area is 171 Å². The molecule has 0 spiro atoms. The van der Waals surface area contributed by atoms with E-state index in [2.05, 4.69) is 44.3 Å². The van der Waals surface area contributed by atoms with Crippen molar-refractivity contribution in [2.24, 2.45) is 0 Å². The van der Waals surface area contributed by atoms with Crippen LogP contribution < -0.4 is 15.5 Å². The van der Waals surface area contributed by atoms with Gasteiger partial charge in [-0.1, -0.05) is 0 Å². The monoisotopic (exact) mass is 390 g/mol. The van der Waals surface area contributed by atoms with E-state index < -0.39 is 0 Å². The SMILES string of the molecule is CCN(CC)c1ccc(NC(=O)c2cc(NCc3ccncc3)nc(C)n2)cc1. The molecule has 0 fully saturated rings. The van der Waals surface area contributed by atoms with Crippen LogP contribution in [-0.4, -0.2) is 33.9 Å². The van der Waals surface area contributed by atoms with Crippen molar-refractivity contribution in [2.75, 3.05) is 28.6 Å². The maximum Gasteiger partial charge on any atom is 0.274 e. The number of aryl methyl sites for hydroxylation is 1. The lowest BCUT2D eigenvalue weighted by Crippen LogP contribution is -2.21. The molecule has 150 valence electrons. The molecule has 3 aromatic rings. The number of rotatable bonds is 8. The molecule has 0 saturated carbocycles. The van der Waals surface area contributed by atoms with E-state index in [1.165, 1.54) is 0 Å². The molecule has 3 rings (SSSR count). The topological polar surface area (TPSA) is 83.0 Å². The summed E-state index contributed by atoms with van der Waals surface area (Å²) >= 11 is 0. The van der Waals surface area contributed by atoms with Gasteiger partial charge < -0.3 is 15.5 Å². The average molecular weight is 390 g/mol. The van der Waals surface area contributed by atoms with Crippen LogP contribution in [0, 0.1) is 6.92 Å². The molecular formula is C22H26N6O. The minimum absolute atomic E-state index is 0.266. The predicted molar refractivity (Wildman–Crippen MR) is 116 cm³/mol. The fraction of sp³-hybridized carbons (Fsp3) is 0.273. The first-order valence-corrected chi connectivity index (χ1v) is 9.74. The Morgan fingerprint density at radius 2 is 1.69 bits per heavy atom. The Hall–Kier alpha value is -3.48. The molecule has 0 bridgehead atoms. The van der Waals surface area contributed by atoms with Crippen LogP contribution in [0.2, 0.25) is 0 Å². The van der Waals surface area contributed by atoms with Crippen molar-refractivity contribution < 1.29 is 4.79 Å². The van der Waals surface area contributed by atoms with Crippen LogP contribution in [0.5, 0.6) is 0 Å². The van der Waals surface area contributed by atoms with Gasteiger partial charge >= 0.3 is 0 Å². The molecule has 2 aromatic heterocycles. The summed E-state index contributed by atoms with van der Waals surface area (Å²) in [5, 5.41) is 6.13. The zero-order valence-electron chi connectivity index (χ0n) is 17.0. The lowest BCUT2D eigenvalue weighted by Gasteiger charge is -2.21. The standard InChI is InChI=1S/C22H26N6O/c1-4-28(5-2)19-8-6-18(7-9-19)27-22(29)20-14-21(26-16(3)25-20)24-15-17-10-12-23-13-11-17/h6-14H,4-5,15H2,1-3H3,(H,27,29)(H,24,25,26). The van der Waals surface area contributed by atoms with E-state index in [4.69, 9.17) is 0 Å². The summed E-state index contributed by atoms with van der Waals surface area (Å²) in [6, 6.07) is 13.3. The van der Waals surface area contributed by atoms with E-state index >= 15 is 0 Å². The second kappa shape index (κ2) is 9.64. The van der Waals surface area contributed by atoms with Gasteiger partial charge in [0.15, 0.2) is 0 Å². The molecule has 0 aliphatic carbocycles. The van der Waals surface area contributed by atoms with Crippen molar-refractivity contribution in [2.45, 2.75) is 27.3 Å². The Bertz CT molecular complexity index is 939. The van der Waals surface area contributed by atoms with E-state index in [-0.39, 0.29) is 5.91 Å². The molecule has 0 aliphatic heterocycles. The number of carbonyl (C=O) groups excluding carboxylic acids is 1. The number of anilines is 3. The second-order valence-corrected chi connectivity index (χ2v) is 6.57. The van der Waals surface area contributed by atoms with E-state index in [0.29, 0.717) is 23.9 Å². The van der Waals surface area contributed by atoms with Crippen molar-refractivity contribution in [1.29, 1.82) is 0 Å². The lowest BCUT2D eigenvalue weighted by molar-refractivity contribution is 0.102. The molecule has 2 N–H and O–H groups in total. The van der Waals surface area contributed by atoms with Crippen LogP contribution in [0.15, 0.2) is 54.9 Å². The summed E-state index contributed by atoms with van der Waals surface area (Å²) in [4.78, 5) is 27.6. The zero-order chi connectivity index (χ0) is 20.6. The van der Waals surface area contributed by atoms with Gasteiger partial charge in [-0.05, 0) is 62.7 Å². The van der Waals surface area contributed by atoms with Gasteiger partial charge in [0.25, 0.3) is 5.91 Å². The summed E-state index contributed by atoms with van der Waals surface area (Å²) in [6.45, 7) is 8.49. The van der Waals surface area contributed by atoms with E-state index in [1.54, 1.807) is 25.4 Å². The van der Waals surface area contributed by atoms with Gasteiger partial charge in [-0.2, -0.15) is 0 Å². The first-order valence-electron chi connectivity index (χ1n) is 9.74. The molecule has 0 atom stereocenters. The molecule has 7 heteroatoms. The molecule has 7 nitrogen and oxygen atoms in total. The van der Waals surface area contributed by atoms with Crippen molar-refractivity contribution >= 4 is 23.1 Å². The van der Waals surface area contributed by atoms with Gasteiger partial charge in [0.2, 0.25) is 0 Å². The molecule has 0 saturated heterocycles. The van der Waals surface area contributed by atoms with Crippen molar-refractivity contribution in [3.05, 3.63) is 71.9 Å². The molecule has 0 radical (unpaired) electrons. The number of hydrogen-bond donors (Lipinski definition) is 2. The molecule has 2 heterocycles. The average Bonchev–Trinajstić information content (AvgIpc) is 2.74. The number of hydrogen-bond acceptors (Lipinski definition) is 6. The highest BCUT2D eigenvalue weighted by Crippen LogP contribution is 2.18. The van der Waals surface area contributed by atoms with E-state index in [9.17, 15) is 4.79 Å². The summed E-state index contributed by atoms with van der Waals surface area (Å²) in [6.07, 6.45) is 3.49. The van der Waals surface area contributed by atoms with Crippen LogP contribution in [-0.2, 0) is 6.54 Å². The number of benzene rings is 1. The predicted octanol–water partition coefficient (Wildman–Crippen LogP) is 3.89. The Morgan fingerprint density at radius 1 is 1.00 bits per heavy atom. The van der Waals surface area contributed by atoms with Gasteiger partial charge in [0.1, 0.15) is 17.3 Å². The van der Waals surface area contributed by atoms with E-state index in [0.717, 1.165) is 30.0 Å². The van der Waals surface area contributed by atoms with Gasteiger partial charge in [-0.3, -0.25) is 9.78 Å². The minimum atomic E-state index is -0.266. The molecule has 1 amide bonds. The molecule has 29 heavy (non-hydrogen) atoms. The molecule has 0 unspecified atom stereocenters. The quantitative estimate of drug-likeness (QED) is 0.607. The van der Waals surface area contributed by atoms with Crippen molar-refractivity contribution in [3.8, 4) is 0 Å². The number of nitrogens with zero attached hydrogens (tertiary/aromatic N) is 4. The summed E-state index contributed by atoms with van der Waals surface area (Å²) in [7, 11) is 0. The highest BCUT2D eigenvalue weighted by atomic mass is 16.1. The smallest absolute Gasteiger partial charge is 0.274 e. The third-order valence-electron chi connectivity index (χ3n) is 4.55. The van der Waals surface area contributed by atoms with Gasteiger partial charge in [0.05, 0.1) is 0 Å². The highest BCUT2D eigenvalue weighted by Gasteiger charge is 2.11. The fourth-order valence-electron chi connectivity index (χ4n) is 3.01. The zero-order valence-corrected chi connectivity index (χ0v) is 17.0. The minimum Gasteiger partial charge on any atom is -0.372 e. The summed E-state index contributed by atoms with van der Waals surface area (Å²) < 4.78 is 0. The summed E-state index contributed by atoms with van der Waals surface area (Å²) in [5.74, 6) is 0.876. The lowest BCUT2D eigenvalue weighted by atomic mass is 10.2. The maximum absolute atomic E-state index is 12.7. The van der Waals surface area contributed by atoms with Crippen LogP contribution in [0.1, 0.15) is 35.7 Å². The van der Waals surface area contributed by atoms with Gasteiger partial charge in [-0.25, -0.2) is 9.97 Å². The largest absolute Gasteiger partial charge is 0.372 e. The Balaban J connectivity index is 1.68. The van der Waals surface area contributed by atoms with Crippen molar-refractivity contribution in [3.63, 3.8) is 0 Å². The summed E-state index contributed by atoms with van der Waals surface area (Å²) in [5.41, 5.74) is 3.26. The number of nitrogens with one attached hydrogen (secondary N) is 2. The highest BCUT2D eigenvalue weighted by molar-refractivity contribution is 6.03. The second-order valence-electron chi connectivity index (χ2n) is 6.57. The van der Waals surface area contributed by atoms with E-state index in [1.807, 2.05) is 36.4 Å².